The lowest BCUT2D eigenvalue weighted by molar-refractivity contribution is 0.0958. The van der Waals surface area contributed by atoms with Gasteiger partial charge in [0.2, 0.25) is 0 Å². The maximum absolute atomic E-state index is 12.0. The lowest BCUT2D eigenvalue weighted by Gasteiger charge is -2.03. The molecule has 0 aliphatic heterocycles. The van der Waals surface area contributed by atoms with Crippen molar-refractivity contribution in [3.05, 3.63) is 77.4 Å². The number of fused-ring (bicyclic) bond motifs is 1. The number of hydrogen-bond donors (Lipinski definition) is 4. The first kappa shape index (κ1) is 17.1. The molecular formula is C21H18N4O. The lowest BCUT2D eigenvalue weighted by Crippen LogP contribution is -2.23. The van der Waals surface area contributed by atoms with E-state index in [0.717, 1.165) is 16.3 Å². The molecule has 0 bridgehead atoms. The van der Waals surface area contributed by atoms with E-state index in [2.05, 4.69) is 17.2 Å². The van der Waals surface area contributed by atoms with Gasteiger partial charge in [-0.25, -0.2) is 0 Å². The first-order chi connectivity index (χ1) is 12.5. The summed E-state index contributed by atoms with van der Waals surface area (Å²) in [7, 11) is 0. The Balaban J connectivity index is 1.66. The number of nitrogen functional groups attached to an aromatic ring is 2. The Morgan fingerprint density at radius 3 is 2.35 bits per heavy atom. The van der Waals surface area contributed by atoms with Crippen LogP contribution < -0.4 is 16.8 Å². The van der Waals surface area contributed by atoms with Crippen LogP contribution in [-0.4, -0.2) is 18.3 Å². The Morgan fingerprint density at radius 1 is 0.962 bits per heavy atom. The summed E-state index contributed by atoms with van der Waals surface area (Å²) < 4.78 is 0. The molecule has 5 heteroatoms. The highest BCUT2D eigenvalue weighted by Crippen LogP contribution is 2.17. The van der Waals surface area contributed by atoms with Gasteiger partial charge in [0, 0.05) is 22.4 Å². The van der Waals surface area contributed by atoms with Crippen LogP contribution in [0.5, 0.6) is 0 Å². The minimum Gasteiger partial charge on any atom is -0.399 e. The summed E-state index contributed by atoms with van der Waals surface area (Å²) in [5.74, 6) is 5.85. The molecule has 0 heterocycles. The van der Waals surface area contributed by atoms with Crippen molar-refractivity contribution in [2.75, 3.05) is 12.3 Å². The number of anilines is 1. The predicted octanol–water partition coefficient (Wildman–Crippen LogP) is 2.49. The molecule has 0 radical (unpaired) electrons. The number of rotatable bonds is 3. The highest BCUT2D eigenvalue weighted by molar-refractivity contribution is 5.99. The minimum absolute atomic E-state index is 0.0487. The van der Waals surface area contributed by atoms with Crippen LogP contribution in [0.25, 0.3) is 10.8 Å². The molecule has 6 N–H and O–H groups in total. The van der Waals surface area contributed by atoms with E-state index < -0.39 is 0 Å². The number of nitrogens with two attached hydrogens (primary N) is 2. The van der Waals surface area contributed by atoms with E-state index in [4.69, 9.17) is 16.9 Å². The number of benzene rings is 3. The van der Waals surface area contributed by atoms with Crippen molar-refractivity contribution in [1.82, 2.24) is 5.32 Å². The number of carbonyl (C=O) groups is 1. The SMILES string of the molecule is N=C(N)c1ccc2cc(C#CCNC(=O)c3ccc(N)cc3)ccc2c1. The third kappa shape index (κ3) is 4.00. The molecule has 128 valence electrons. The molecule has 5 nitrogen and oxygen atoms in total. The van der Waals surface area contributed by atoms with Crippen LogP contribution in [0.4, 0.5) is 5.69 Å². The topological polar surface area (TPSA) is 105 Å². The molecule has 1 amide bonds. The van der Waals surface area contributed by atoms with E-state index >= 15 is 0 Å². The molecule has 0 fully saturated rings. The number of hydrogen-bond acceptors (Lipinski definition) is 3. The maximum atomic E-state index is 12.0. The van der Waals surface area contributed by atoms with Crippen LogP contribution in [0, 0.1) is 17.3 Å². The van der Waals surface area contributed by atoms with E-state index in [9.17, 15) is 4.79 Å². The van der Waals surface area contributed by atoms with Crippen molar-refractivity contribution in [3.63, 3.8) is 0 Å². The van der Waals surface area contributed by atoms with Crippen LogP contribution in [0.15, 0.2) is 60.7 Å². The van der Waals surface area contributed by atoms with Gasteiger partial charge in [-0.3, -0.25) is 10.2 Å². The fraction of sp³-hybridized carbons (Fsp3) is 0.0476. The molecule has 0 aliphatic rings. The van der Waals surface area contributed by atoms with Crippen LogP contribution in [0.3, 0.4) is 0 Å². The first-order valence-electron chi connectivity index (χ1n) is 8.04. The summed E-state index contributed by atoms with van der Waals surface area (Å²) in [4.78, 5) is 12.0. The van der Waals surface area contributed by atoms with Gasteiger partial charge in [-0.2, -0.15) is 0 Å². The van der Waals surface area contributed by atoms with Crippen molar-refractivity contribution in [2.24, 2.45) is 5.73 Å². The Labute approximate surface area is 151 Å². The zero-order valence-electron chi connectivity index (χ0n) is 14.0. The maximum Gasteiger partial charge on any atom is 0.252 e. The fourth-order valence-corrected chi connectivity index (χ4v) is 2.50. The first-order valence-corrected chi connectivity index (χ1v) is 8.04. The summed E-state index contributed by atoms with van der Waals surface area (Å²) in [6.07, 6.45) is 0. The number of amides is 1. The summed E-state index contributed by atoms with van der Waals surface area (Å²) >= 11 is 0. The van der Waals surface area contributed by atoms with Gasteiger partial charge in [0.1, 0.15) is 5.84 Å². The third-order valence-corrected chi connectivity index (χ3v) is 3.89. The number of carbonyl (C=O) groups excluding carboxylic acids is 1. The zero-order valence-corrected chi connectivity index (χ0v) is 14.0. The second-order valence-corrected chi connectivity index (χ2v) is 5.80. The molecular weight excluding hydrogens is 324 g/mol. The molecule has 0 saturated carbocycles. The molecule has 0 aliphatic carbocycles. The average Bonchev–Trinajstić information content (AvgIpc) is 2.65. The molecule has 3 rings (SSSR count). The number of amidine groups is 1. The highest BCUT2D eigenvalue weighted by atomic mass is 16.1. The average molecular weight is 342 g/mol. The van der Waals surface area contributed by atoms with E-state index in [1.165, 1.54) is 0 Å². The molecule has 0 atom stereocenters. The summed E-state index contributed by atoms with van der Waals surface area (Å²) in [5.41, 5.74) is 13.8. The van der Waals surface area contributed by atoms with Gasteiger partial charge < -0.3 is 16.8 Å². The summed E-state index contributed by atoms with van der Waals surface area (Å²) in [6.45, 7) is 0.254. The lowest BCUT2D eigenvalue weighted by atomic mass is 10.0. The van der Waals surface area contributed by atoms with Crippen LogP contribution in [-0.2, 0) is 0 Å². The van der Waals surface area contributed by atoms with Crippen molar-refractivity contribution in [3.8, 4) is 11.8 Å². The van der Waals surface area contributed by atoms with Crippen molar-refractivity contribution < 1.29 is 4.79 Å². The molecule has 3 aromatic carbocycles. The highest BCUT2D eigenvalue weighted by Gasteiger charge is 2.03. The van der Waals surface area contributed by atoms with Crippen molar-refractivity contribution >= 4 is 28.2 Å². The number of nitrogens with one attached hydrogen (secondary N) is 2. The van der Waals surface area contributed by atoms with Gasteiger partial charge in [-0.05, 0) is 53.2 Å². The molecule has 0 saturated heterocycles. The van der Waals surface area contributed by atoms with Gasteiger partial charge in [0.15, 0.2) is 0 Å². The van der Waals surface area contributed by atoms with Gasteiger partial charge in [0.25, 0.3) is 5.91 Å². The van der Waals surface area contributed by atoms with E-state index in [1.54, 1.807) is 24.3 Å². The van der Waals surface area contributed by atoms with Gasteiger partial charge in [-0.15, -0.1) is 0 Å². The molecule has 0 spiro atoms. The molecule has 0 unspecified atom stereocenters. The Morgan fingerprint density at radius 2 is 1.62 bits per heavy atom. The summed E-state index contributed by atoms with van der Waals surface area (Å²) in [6, 6.07) is 18.2. The Kier molecular flexibility index (Phi) is 4.86. The van der Waals surface area contributed by atoms with E-state index in [0.29, 0.717) is 16.8 Å². The Hall–Kier alpha value is -3.78. The van der Waals surface area contributed by atoms with Crippen LogP contribution in [0.1, 0.15) is 21.5 Å². The standard InChI is InChI=1S/C21H18N4O/c22-19-9-7-15(8-10-19)21(26)25-11-1-2-14-3-4-17-13-18(20(23)24)6-5-16(17)12-14/h3-10,12-13H,11,22H2,(H3,23,24)(H,25,26). The summed E-state index contributed by atoms with van der Waals surface area (Å²) in [5, 5.41) is 12.3. The molecule has 0 aromatic heterocycles. The van der Waals surface area contributed by atoms with Crippen molar-refractivity contribution in [1.29, 1.82) is 5.41 Å². The smallest absolute Gasteiger partial charge is 0.252 e. The van der Waals surface area contributed by atoms with E-state index in [-0.39, 0.29) is 18.3 Å². The second-order valence-electron chi connectivity index (χ2n) is 5.80. The normalized spacial score (nSPS) is 10.0. The molecule has 3 aromatic rings. The quantitative estimate of drug-likeness (QED) is 0.254. The third-order valence-electron chi connectivity index (χ3n) is 3.89. The fourth-order valence-electron chi connectivity index (χ4n) is 2.50. The van der Waals surface area contributed by atoms with Gasteiger partial charge in [0.05, 0.1) is 6.54 Å². The van der Waals surface area contributed by atoms with Crippen LogP contribution >= 0.6 is 0 Å². The molecule has 26 heavy (non-hydrogen) atoms. The van der Waals surface area contributed by atoms with Gasteiger partial charge in [-0.1, -0.05) is 30.0 Å². The van der Waals surface area contributed by atoms with Gasteiger partial charge >= 0.3 is 0 Å². The predicted molar refractivity (Wildman–Crippen MR) is 105 cm³/mol. The Bertz CT molecular complexity index is 1040. The second kappa shape index (κ2) is 7.41. The van der Waals surface area contributed by atoms with Crippen molar-refractivity contribution in [2.45, 2.75) is 0 Å². The minimum atomic E-state index is -0.186. The zero-order chi connectivity index (χ0) is 18.5. The monoisotopic (exact) mass is 342 g/mol. The van der Waals surface area contributed by atoms with Crippen LogP contribution in [0.2, 0.25) is 0 Å². The van der Waals surface area contributed by atoms with E-state index in [1.807, 2.05) is 36.4 Å². The largest absolute Gasteiger partial charge is 0.399 e.